The van der Waals surface area contributed by atoms with Crippen molar-refractivity contribution in [2.75, 3.05) is 0 Å². The summed E-state index contributed by atoms with van der Waals surface area (Å²) in [6.07, 6.45) is 16.5. The first-order valence-corrected chi connectivity index (χ1v) is 13.7. The zero-order valence-electron chi connectivity index (χ0n) is 21.7. The van der Waals surface area contributed by atoms with Gasteiger partial charge in [-0.3, -0.25) is 19.2 Å². The highest BCUT2D eigenvalue weighted by Crippen LogP contribution is 2.15. The van der Waals surface area contributed by atoms with Crippen LogP contribution in [0.3, 0.4) is 0 Å². The molecule has 0 aliphatic rings. The average Bonchev–Trinajstić information content (AvgIpc) is 2.83. The minimum atomic E-state index is -0.253. The van der Waals surface area contributed by atoms with Gasteiger partial charge >= 0.3 is 0 Å². The molecule has 190 valence electrons. The molecule has 0 aromatic heterocycles. The molecule has 4 heteroatoms. The summed E-state index contributed by atoms with van der Waals surface area (Å²) >= 11 is 0. The molecular weight excluding hydrogens is 424 g/mol. The Morgan fingerprint density at radius 2 is 0.882 bits per heavy atom. The summed E-state index contributed by atoms with van der Waals surface area (Å²) in [5, 5.41) is 0. The lowest BCUT2D eigenvalue weighted by molar-refractivity contribution is -0.119. The number of hydrogen-bond acceptors (Lipinski definition) is 4. The Hall–Kier alpha value is -2.10. The Morgan fingerprint density at radius 3 is 1.26 bits per heavy atom. The molecule has 1 aromatic rings. The van der Waals surface area contributed by atoms with Gasteiger partial charge in [0, 0.05) is 24.0 Å². The zero-order chi connectivity index (χ0) is 25.0. The fraction of sp³-hybridized carbons (Fsp3) is 0.667. The summed E-state index contributed by atoms with van der Waals surface area (Å²) < 4.78 is 0. The largest absolute Gasteiger partial charge is 0.299 e. The van der Waals surface area contributed by atoms with Crippen LogP contribution < -0.4 is 0 Å². The van der Waals surface area contributed by atoms with E-state index in [0.29, 0.717) is 24.0 Å². The summed E-state index contributed by atoms with van der Waals surface area (Å²) in [5.41, 5.74) is 0.747. The highest BCUT2D eigenvalue weighted by Gasteiger charge is 2.16. The maximum Gasteiger partial charge on any atom is 0.170 e. The lowest BCUT2D eigenvalue weighted by atomic mass is 9.97. The van der Waals surface area contributed by atoms with Crippen molar-refractivity contribution in [2.45, 2.75) is 129 Å². The number of unbranched alkanes of at least 4 members (excludes halogenated alkanes) is 12. The number of rotatable bonds is 22. The first-order chi connectivity index (χ1) is 16.5. The number of Topliss-reactive ketones (excluding diaryl/α,β-unsaturated/α-hetero) is 4. The second kappa shape index (κ2) is 19.2. The molecule has 0 unspecified atom stereocenters. The third kappa shape index (κ3) is 14.2. The van der Waals surface area contributed by atoms with E-state index in [9.17, 15) is 19.2 Å². The van der Waals surface area contributed by atoms with Gasteiger partial charge in [-0.05, 0) is 18.9 Å². The van der Waals surface area contributed by atoms with Crippen LogP contribution in [0.25, 0.3) is 0 Å². The van der Waals surface area contributed by atoms with Crippen LogP contribution in [0.4, 0.5) is 0 Å². The van der Waals surface area contributed by atoms with Crippen LogP contribution in [-0.4, -0.2) is 23.1 Å². The van der Waals surface area contributed by atoms with Gasteiger partial charge < -0.3 is 0 Å². The Kier molecular flexibility index (Phi) is 16.9. The molecule has 0 N–H and O–H groups in total. The molecule has 1 aromatic carbocycles. The van der Waals surface area contributed by atoms with E-state index < -0.39 is 0 Å². The van der Waals surface area contributed by atoms with E-state index in [0.717, 1.165) is 38.5 Å². The van der Waals surface area contributed by atoms with Crippen molar-refractivity contribution in [2.24, 2.45) is 0 Å². The van der Waals surface area contributed by atoms with Crippen LogP contribution in [0.2, 0.25) is 0 Å². The fourth-order valence-electron chi connectivity index (χ4n) is 4.16. The maximum absolute atomic E-state index is 12.5. The molecular formula is C30H46O4. The highest BCUT2D eigenvalue weighted by molar-refractivity contribution is 6.11. The van der Waals surface area contributed by atoms with E-state index in [1.165, 1.54) is 57.4 Å². The third-order valence-corrected chi connectivity index (χ3v) is 6.34. The molecule has 0 spiro atoms. The first-order valence-electron chi connectivity index (χ1n) is 13.7. The highest BCUT2D eigenvalue weighted by atomic mass is 16.2. The number of ketones is 4. The number of hydrogen-bond donors (Lipinski definition) is 0. The van der Waals surface area contributed by atoms with Crippen LogP contribution >= 0.6 is 0 Å². The van der Waals surface area contributed by atoms with Gasteiger partial charge in [0.05, 0.1) is 12.8 Å². The van der Waals surface area contributed by atoms with Crippen molar-refractivity contribution < 1.29 is 19.2 Å². The van der Waals surface area contributed by atoms with Gasteiger partial charge in [-0.1, -0.05) is 109 Å². The van der Waals surface area contributed by atoms with E-state index >= 15 is 0 Å². The lowest BCUT2D eigenvalue weighted by Gasteiger charge is -2.05. The molecule has 0 aliphatic carbocycles. The zero-order valence-corrected chi connectivity index (χ0v) is 21.7. The van der Waals surface area contributed by atoms with Crippen LogP contribution in [-0.2, 0) is 9.59 Å². The van der Waals surface area contributed by atoms with Crippen molar-refractivity contribution in [3.63, 3.8) is 0 Å². The normalized spacial score (nSPS) is 10.9. The summed E-state index contributed by atoms with van der Waals surface area (Å²) in [4.78, 5) is 49.4. The molecule has 34 heavy (non-hydrogen) atoms. The predicted molar refractivity (Wildman–Crippen MR) is 140 cm³/mol. The van der Waals surface area contributed by atoms with Crippen molar-refractivity contribution in [1.29, 1.82) is 0 Å². The van der Waals surface area contributed by atoms with Gasteiger partial charge in [0.1, 0.15) is 11.6 Å². The summed E-state index contributed by atoms with van der Waals surface area (Å²) in [7, 11) is 0. The van der Waals surface area contributed by atoms with Crippen LogP contribution in [0.1, 0.15) is 150 Å². The van der Waals surface area contributed by atoms with Gasteiger partial charge in [-0.2, -0.15) is 0 Å². The van der Waals surface area contributed by atoms with Crippen molar-refractivity contribution in [3.8, 4) is 0 Å². The second-order valence-electron chi connectivity index (χ2n) is 9.60. The quantitative estimate of drug-likeness (QED) is 0.0971. The summed E-state index contributed by atoms with van der Waals surface area (Å²) in [6, 6.07) is 6.47. The van der Waals surface area contributed by atoms with Crippen LogP contribution in [0.5, 0.6) is 0 Å². The Balaban J connectivity index is 2.35. The number of carbonyl (C=O) groups excluding carboxylic acids is 4. The number of benzene rings is 1. The fourth-order valence-corrected chi connectivity index (χ4v) is 4.16. The minimum Gasteiger partial charge on any atom is -0.299 e. The summed E-state index contributed by atoms with van der Waals surface area (Å²) in [5.74, 6) is -0.589. The molecule has 0 amide bonds. The topological polar surface area (TPSA) is 68.3 Å². The smallest absolute Gasteiger partial charge is 0.170 e. The van der Waals surface area contributed by atoms with Gasteiger partial charge in [0.2, 0.25) is 0 Å². The SMILES string of the molecule is CCCCCCCCCC(=O)CC(=O)c1cccc(C(=O)CC(=O)CCCCCCCCC)c1. The Labute approximate surface area is 207 Å². The molecule has 0 fully saturated rings. The minimum absolute atomic E-state index is 0.0415. The van der Waals surface area contributed by atoms with Gasteiger partial charge in [-0.15, -0.1) is 0 Å². The molecule has 1 rings (SSSR count). The second-order valence-corrected chi connectivity index (χ2v) is 9.60. The first kappa shape index (κ1) is 29.9. The Bertz CT molecular complexity index is 691. The molecule has 0 bridgehead atoms. The van der Waals surface area contributed by atoms with Crippen LogP contribution in [0, 0.1) is 0 Å². The molecule has 0 aliphatic heterocycles. The standard InChI is InChI=1S/C30H46O4/c1-3-5-7-9-11-13-15-20-27(31)23-29(33)25-18-17-19-26(22-25)30(34)24-28(32)21-16-14-12-10-8-6-4-2/h17-19,22H,3-16,20-21,23-24H2,1-2H3. The van der Waals surface area contributed by atoms with E-state index in [1.54, 1.807) is 18.2 Å². The number of carbonyl (C=O) groups is 4. The molecule has 0 saturated heterocycles. The van der Waals surface area contributed by atoms with Crippen molar-refractivity contribution in [3.05, 3.63) is 35.4 Å². The average molecular weight is 471 g/mol. The van der Waals surface area contributed by atoms with Crippen molar-refractivity contribution in [1.82, 2.24) is 0 Å². The third-order valence-electron chi connectivity index (χ3n) is 6.34. The molecule has 0 heterocycles. The molecule has 4 nitrogen and oxygen atoms in total. The van der Waals surface area contributed by atoms with E-state index in [4.69, 9.17) is 0 Å². The van der Waals surface area contributed by atoms with Crippen LogP contribution in [0.15, 0.2) is 24.3 Å². The monoisotopic (exact) mass is 470 g/mol. The molecule has 0 saturated carbocycles. The molecule has 0 atom stereocenters. The molecule has 0 radical (unpaired) electrons. The van der Waals surface area contributed by atoms with Gasteiger partial charge in [0.15, 0.2) is 11.6 Å². The Morgan fingerprint density at radius 1 is 0.529 bits per heavy atom. The van der Waals surface area contributed by atoms with E-state index in [-0.39, 0.29) is 36.0 Å². The lowest BCUT2D eigenvalue weighted by Crippen LogP contribution is -2.11. The van der Waals surface area contributed by atoms with E-state index in [1.807, 2.05) is 0 Å². The predicted octanol–water partition coefficient (Wildman–Crippen LogP) is 8.25. The maximum atomic E-state index is 12.5. The van der Waals surface area contributed by atoms with Crippen molar-refractivity contribution >= 4 is 23.1 Å². The van der Waals surface area contributed by atoms with Gasteiger partial charge in [0.25, 0.3) is 0 Å². The summed E-state index contributed by atoms with van der Waals surface area (Å²) in [6.45, 7) is 4.39. The van der Waals surface area contributed by atoms with E-state index in [2.05, 4.69) is 13.8 Å². The van der Waals surface area contributed by atoms with Gasteiger partial charge in [-0.25, -0.2) is 0 Å².